The van der Waals surface area contributed by atoms with Gasteiger partial charge in [0.2, 0.25) is 0 Å². The molecule has 0 bridgehead atoms. The number of rotatable bonds is 5. The zero-order valence-electron chi connectivity index (χ0n) is 11.7. The summed E-state index contributed by atoms with van der Waals surface area (Å²) in [5, 5.41) is 11.3. The first-order chi connectivity index (χ1) is 10.7. The van der Waals surface area contributed by atoms with Crippen LogP contribution >= 0.6 is 23.5 Å². The lowest BCUT2D eigenvalue weighted by Gasteiger charge is -2.13. The Labute approximate surface area is 136 Å². The summed E-state index contributed by atoms with van der Waals surface area (Å²) in [6, 6.07) is 1.23. The highest BCUT2D eigenvalue weighted by molar-refractivity contribution is 9.10. The number of hydrogen-bond donors (Lipinski definition) is 3. The number of nitro groups is 1. The Kier molecular flexibility index (Phi) is 4.85. The van der Waals surface area contributed by atoms with Gasteiger partial charge in [-0.25, -0.2) is 0 Å². The van der Waals surface area contributed by atoms with Crippen molar-refractivity contribution in [2.24, 2.45) is 0 Å². The normalized spacial score (nSPS) is 13.9. The molecule has 0 radical (unpaired) electrons. The minimum Gasteiger partial charge on any atom is -0.324 e. The molecule has 0 spiro atoms. The number of nitro benzene ring substituents is 1. The lowest BCUT2D eigenvalue weighted by molar-refractivity contribution is -0.386. The molecule has 1 atom stereocenters. The van der Waals surface area contributed by atoms with Crippen molar-refractivity contribution in [3.63, 3.8) is 0 Å². The predicted octanol–water partition coefficient (Wildman–Crippen LogP) is 1.61. The SMILES string of the molecule is CCOP(=O)(O)Cc1c([N+](=O)[O-])c(Br)cc2[nH]c(=O)c(=O)[nH]c12. The molecule has 2 rings (SSSR count). The van der Waals surface area contributed by atoms with Gasteiger partial charge in [0.25, 0.3) is 5.69 Å². The first-order valence-electron chi connectivity index (χ1n) is 6.24. The summed E-state index contributed by atoms with van der Waals surface area (Å²) < 4.78 is 16.7. The van der Waals surface area contributed by atoms with E-state index in [0.29, 0.717) is 0 Å². The number of aromatic amines is 2. The topological polar surface area (TPSA) is 155 Å². The number of H-pyrrole nitrogens is 2. The first kappa shape index (κ1) is 17.5. The molecular formula is C11H11BrN3O7P. The van der Waals surface area contributed by atoms with Crippen molar-refractivity contribution in [2.45, 2.75) is 13.1 Å². The second-order valence-corrected chi connectivity index (χ2v) is 7.19. The molecule has 1 aromatic heterocycles. The van der Waals surface area contributed by atoms with Gasteiger partial charge in [0, 0.05) is 0 Å². The van der Waals surface area contributed by atoms with E-state index in [0.717, 1.165) is 0 Å². The molecule has 1 aromatic carbocycles. The molecule has 0 aliphatic heterocycles. The molecule has 0 aliphatic rings. The molecule has 0 aliphatic carbocycles. The molecule has 1 heterocycles. The largest absolute Gasteiger partial charge is 0.332 e. The highest BCUT2D eigenvalue weighted by Gasteiger charge is 2.30. The molecule has 1 unspecified atom stereocenters. The summed E-state index contributed by atoms with van der Waals surface area (Å²) in [5.74, 6) is 0. The second-order valence-electron chi connectivity index (χ2n) is 4.49. The van der Waals surface area contributed by atoms with Crippen LogP contribution in [0.15, 0.2) is 20.1 Å². The molecule has 12 heteroatoms. The Morgan fingerprint density at radius 2 is 2.00 bits per heavy atom. The van der Waals surface area contributed by atoms with Gasteiger partial charge in [-0.1, -0.05) is 0 Å². The third-order valence-corrected chi connectivity index (χ3v) is 4.90. The van der Waals surface area contributed by atoms with E-state index >= 15 is 0 Å². The minimum absolute atomic E-state index is 0.0100. The summed E-state index contributed by atoms with van der Waals surface area (Å²) in [4.78, 5) is 47.6. The van der Waals surface area contributed by atoms with E-state index < -0.39 is 35.5 Å². The van der Waals surface area contributed by atoms with Crippen LogP contribution in [0.3, 0.4) is 0 Å². The van der Waals surface area contributed by atoms with Crippen LogP contribution in [0.5, 0.6) is 0 Å². The molecule has 23 heavy (non-hydrogen) atoms. The third-order valence-electron chi connectivity index (χ3n) is 2.92. The van der Waals surface area contributed by atoms with Gasteiger partial charge in [0.15, 0.2) is 0 Å². The number of aromatic nitrogens is 2. The van der Waals surface area contributed by atoms with Crippen molar-refractivity contribution >= 4 is 40.2 Å². The fourth-order valence-corrected chi connectivity index (χ4v) is 3.90. The highest BCUT2D eigenvalue weighted by atomic mass is 79.9. The number of benzene rings is 1. The third kappa shape index (κ3) is 3.58. The number of nitrogens with one attached hydrogen (secondary N) is 2. The number of halogens is 1. The lowest BCUT2D eigenvalue weighted by Crippen LogP contribution is -2.29. The van der Waals surface area contributed by atoms with Gasteiger partial charge in [-0.05, 0) is 28.9 Å². The Hall–Kier alpha value is -1.81. The lowest BCUT2D eigenvalue weighted by atomic mass is 10.1. The van der Waals surface area contributed by atoms with Crippen LogP contribution in [0, 0.1) is 10.1 Å². The van der Waals surface area contributed by atoms with Gasteiger partial charge in [-0.3, -0.25) is 24.3 Å². The Morgan fingerprint density at radius 3 is 2.57 bits per heavy atom. The van der Waals surface area contributed by atoms with Crippen molar-refractivity contribution in [1.82, 2.24) is 9.97 Å². The summed E-state index contributed by atoms with van der Waals surface area (Å²) in [6.45, 7) is 1.43. The highest BCUT2D eigenvalue weighted by Crippen LogP contribution is 2.49. The summed E-state index contributed by atoms with van der Waals surface area (Å²) in [5.41, 5.74) is -2.70. The number of fused-ring (bicyclic) bond motifs is 1. The van der Waals surface area contributed by atoms with E-state index in [-0.39, 0.29) is 27.7 Å². The van der Waals surface area contributed by atoms with Crippen LogP contribution in [-0.4, -0.2) is 26.4 Å². The predicted molar refractivity (Wildman–Crippen MR) is 84.7 cm³/mol. The summed E-state index contributed by atoms with van der Waals surface area (Å²) in [7, 11) is -4.17. The minimum atomic E-state index is -4.17. The maximum Gasteiger partial charge on any atom is 0.332 e. The van der Waals surface area contributed by atoms with Crippen molar-refractivity contribution in [1.29, 1.82) is 0 Å². The average molecular weight is 408 g/mol. The van der Waals surface area contributed by atoms with Crippen LogP contribution in [0.25, 0.3) is 11.0 Å². The van der Waals surface area contributed by atoms with E-state index in [1.165, 1.54) is 13.0 Å². The van der Waals surface area contributed by atoms with E-state index in [4.69, 9.17) is 4.52 Å². The van der Waals surface area contributed by atoms with Gasteiger partial charge in [-0.2, -0.15) is 0 Å². The van der Waals surface area contributed by atoms with E-state index in [1.807, 2.05) is 0 Å². The number of hydrogen-bond acceptors (Lipinski definition) is 6. The average Bonchev–Trinajstić information content (AvgIpc) is 2.40. The van der Waals surface area contributed by atoms with Crippen molar-refractivity contribution in [2.75, 3.05) is 6.61 Å². The quantitative estimate of drug-likeness (QED) is 0.294. The first-order valence-corrected chi connectivity index (χ1v) is 8.80. The van der Waals surface area contributed by atoms with Crippen LogP contribution < -0.4 is 11.1 Å². The molecule has 0 saturated carbocycles. The fourth-order valence-electron chi connectivity index (χ4n) is 2.08. The second kappa shape index (κ2) is 6.36. The Balaban J connectivity index is 2.86. The molecule has 10 nitrogen and oxygen atoms in total. The van der Waals surface area contributed by atoms with Gasteiger partial charge in [0.05, 0.1) is 38.8 Å². The smallest absolute Gasteiger partial charge is 0.324 e. The number of nitrogens with zero attached hydrogens (tertiary/aromatic N) is 1. The maximum absolute atomic E-state index is 12.0. The van der Waals surface area contributed by atoms with Crippen molar-refractivity contribution in [3.8, 4) is 0 Å². The fraction of sp³-hybridized carbons (Fsp3) is 0.273. The van der Waals surface area contributed by atoms with E-state index in [9.17, 15) is 29.2 Å². The zero-order chi connectivity index (χ0) is 17.4. The van der Waals surface area contributed by atoms with Gasteiger partial charge in [-0.15, -0.1) is 0 Å². The summed E-state index contributed by atoms with van der Waals surface area (Å²) in [6.07, 6.45) is -0.699. The van der Waals surface area contributed by atoms with Crippen LogP contribution in [0.2, 0.25) is 0 Å². The van der Waals surface area contributed by atoms with Crippen molar-refractivity contribution in [3.05, 3.63) is 46.9 Å². The maximum atomic E-state index is 12.0. The zero-order valence-corrected chi connectivity index (χ0v) is 14.1. The summed E-state index contributed by atoms with van der Waals surface area (Å²) >= 11 is 2.99. The van der Waals surface area contributed by atoms with Crippen LogP contribution in [0.1, 0.15) is 12.5 Å². The standard InChI is InChI=1S/C11H11BrN3O7P/c1-2-22-23(20,21)4-5-8-7(13-10(16)11(17)14-8)3-6(12)9(5)15(18)19/h3H,2,4H2,1H3,(H,13,16)(H,14,17)(H,20,21). The molecule has 3 N–H and O–H groups in total. The molecule has 0 amide bonds. The van der Waals surface area contributed by atoms with E-state index in [1.54, 1.807) is 0 Å². The van der Waals surface area contributed by atoms with Crippen LogP contribution in [-0.2, 0) is 15.3 Å². The van der Waals surface area contributed by atoms with Gasteiger partial charge in [0.1, 0.15) is 0 Å². The Morgan fingerprint density at radius 1 is 1.39 bits per heavy atom. The van der Waals surface area contributed by atoms with Crippen LogP contribution in [0.4, 0.5) is 5.69 Å². The molecule has 0 fully saturated rings. The van der Waals surface area contributed by atoms with E-state index in [2.05, 4.69) is 25.9 Å². The van der Waals surface area contributed by atoms with Gasteiger partial charge >= 0.3 is 18.7 Å². The molecule has 2 aromatic rings. The van der Waals surface area contributed by atoms with Gasteiger partial charge < -0.3 is 19.4 Å². The molecule has 0 saturated heterocycles. The Bertz CT molecular complexity index is 951. The van der Waals surface area contributed by atoms with Crippen molar-refractivity contribution < 1.29 is 18.9 Å². The molecular weight excluding hydrogens is 397 g/mol. The molecule has 124 valence electrons. The monoisotopic (exact) mass is 407 g/mol.